The average Bonchev–Trinajstić information content (AvgIpc) is 2.25. The van der Waals surface area contributed by atoms with E-state index in [1.807, 2.05) is 0 Å². The number of primary sulfonamides is 1. The number of sulfonamides is 1. The van der Waals surface area contributed by atoms with Gasteiger partial charge >= 0.3 is 0 Å². The molecule has 1 aromatic carbocycles. The minimum Gasteiger partial charge on any atom is -0.397 e. The summed E-state index contributed by atoms with van der Waals surface area (Å²) in [6.45, 7) is 0.0753. The van der Waals surface area contributed by atoms with Gasteiger partial charge in [-0.2, -0.15) is 0 Å². The fourth-order valence-corrected chi connectivity index (χ4v) is 1.76. The molecule has 7 nitrogen and oxygen atoms in total. The number of nitrogens with zero attached hydrogens (tertiary/aromatic N) is 1. The monoisotopic (exact) mass is 272 g/mol. The fraction of sp³-hybridized carbons (Fsp3) is 0.300. The maximum atomic E-state index is 11.4. The van der Waals surface area contributed by atoms with Crippen molar-refractivity contribution in [1.82, 2.24) is 4.90 Å². The number of hydrogen-bond acceptors (Lipinski definition) is 5. The lowest BCUT2D eigenvalue weighted by Crippen LogP contribution is -2.28. The van der Waals surface area contributed by atoms with Crippen molar-refractivity contribution in [2.75, 3.05) is 31.7 Å². The maximum Gasteiger partial charge on any atom is 0.241 e. The van der Waals surface area contributed by atoms with E-state index in [0.717, 1.165) is 0 Å². The summed E-state index contributed by atoms with van der Waals surface area (Å²) in [6.07, 6.45) is 0. The van der Waals surface area contributed by atoms with Crippen molar-refractivity contribution >= 4 is 27.3 Å². The lowest BCUT2D eigenvalue weighted by Gasteiger charge is -2.13. The van der Waals surface area contributed by atoms with Crippen LogP contribution in [0.1, 0.15) is 0 Å². The summed E-state index contributed by atoms with van der Waals surface area (Å²) >= 11 is 0. The number of hydrogen-bond donors (Lipinski definition) is 3. The van der Waals surface area contributed by atoms with Crippen LogP contribution in [0.2, 0.25) is 0 Å². The molecule has 0 saturated heterocycles. The molecule has 0 radical (unpaired) electrons. The van der Waals surface area contributed by atoms with Crippen LogP contribution in [0.25, 0.3) is 0 Å². The molecule has 0 aliphatic carbocycles. The summed E-state index contributed by atoms with van der Waals surface area (Å²) in [7, 11) is -0.497. The number of nitrogens with two attached hydrogens (primary N) is 2. The van der Waals surface area contributed by atoms with Crippen LogP contribution in [0.5, 0.6) is 0 Å². The molecule has 0 aliphatic rings. The zero-order valence-electron chi connectivity index (χ0n) is 10.2. The smallest absolute Gasteiger partial charge is 0.241 e. The number of nitrogens with one attached hydrogen (secondary N) is 1. The lowest BCUT2D eigenvalue weighted by atomic mass is 10.2. The SMILES string of the molecule is CN(C)C(=O)CNc1ccc(S(N)(=O)=O)cc1N. The van der Waals surface area contributed by atoms with Crippen LogP contribution in [0.15, 0.2) is 23.1 Å². The first kappa shape index (κ1) is 14.3. The standard InChI is InChI=1S/C10H16N4O3S/c1-14(2)10(15)6-13-9-4-3-7(5-8(9)11)18(12,16)17/h3-5,13H,6,11H2,1-2H3,(H2,12,16,17). The van der Waals surface area contributed by atoms with Crippen molar-refractivity contribution in [3.05, 3.63) is 18.2 Å². The second kappa shape index (κ2) is 5.23. The Hall–Kier alpha value is -1.80. The van der Waals surface area contributed by atoms with Crippen LogP contribution in [0, 0.1) is 0 Å². The molecule has 0 atom stereocenters. The van der Waals surface area contributed by atoms with Crippen molar-refractivity contribution in [1.29, 1.82) is 0 Å². The van der Waals surface area contributed by atoms with E-state index in [4.69, 9.17) is 10.9 Å². The number of benzene rings is 1. The van der Waals surface area contributed by atoms with Crippen LogP contribution in [-0.4, -0.2) is 39.9 Å². The molecule has 0 unspecified atom stereocenters. The number of likely N-dealkylation sites (N-methyl/N-ethyl adjacent to an activating group) is 1. The number of rotatable bonds is 4. The Bertz CT molecular complexity index is 554. The van der Waals surface area contributed by atoms with Crippen molar-refractivity contribution in [3.8, 4) is 0 Å². The zero-order valence-corrected chi connectivity index (χ0v) is 11.0. The van der Waals surface area contributed by atoms with Gasteiger partial charge < -0.3 is 16.0 Å². The van der Waals surface area contributed by atoms with Gasteiger partial charge in [-0.25, -0.2) is 13.6 Å². The van der Waals surface area contributed by atoms with Gasteiger partial charge in [-0.05, 0) is 18.2 Å². The zero-order chi connectivity index (χ0) is 13.9. The first-order valence-corrected chi connectivity index (χ1v) is 6.63. The van der Waals surface area contributed by atoms with Crippen LogP contribution in [0.3, 0.4) is 0 Å². The summed E-state index contributed by atoms with van der Waals surface area (Å²) in [4.78, 5) is 12.7. The third-order valence-electron chi connectivity index (χ3n) is 2.28. The highest BCUT2D eigenvalue weighted by Crippen LogP contribution is 2.21. The van der Waals surface area contributed by atoms with E-state index in [0.29, 0.717) is 5.69 Å². The normalized spacial score (nSPS) is 11.1. The van der Waals surface area contributed by atoms with E-state index in [2.05, 4.69) is 5.32 Å². The maximum absolute atomic E-state index is 11.4. The molecule has 18 heavy (non-hydrogen) atoms. The Morgan fingerprint density at radius 3 is 2.44 bits per heavy atom. The van der Waals surface area contributed by atoms with E-state index in [9.17, 15) is 13.2 Å². The third-order valence-corrected chi connectivity index (χ3v) is 3.19. The highest BCUT2D eigenvalue weighted by molar-refractivity contribution is 7.89. The average molecular weight is 272 g/mol. The molecule has 1 rings (SSSR count). The fourth-order valence-electron chi connectivity index (χ4n) is 1.21. The largest absolute Gasteiger partial charge is 0.397 e. The summed E-state index contributed by atoms with van der Waals surface area (Å²) in [5.41, 5.74) is 6.37. The third kappa shape index (κ3) is 3.60. The predicted molar refractivity (Wildman–Crippen MR) is 69.4 cm³/mol. The Balaban J connectivity index is 2.84. The molecular formula is C10H16N4O3S. The Morgan fingerprint density at radius 2 is 2.00 bits per heavy atom. The lowest BCUT2D eigenvalue weighted by molar-refractivity contribution is -0.126. The van der Waals surface area contributed by atoms with Crippen LogP contribution < -0.4 is 16.2 Å². The van der Waals surface area contributed by atoms with E-state index >= 15 is 0 Å². The summed E-state index contributed by atoms with van der Waals surface area (Å²) in [6, 6.07) is 4.05. The molecule has 1 aromatic rings. The molecule has 0 bridgehead atoms. The second-order valence-electron chi connectivity index (χ2n) is 3.94. The molecule has 0 heterocycles. The summed E-state index contributed by atoms with van der Waals surface area (Å²) in [5, 5.41) is 7.79. The first-order chi connectivity index (χ1) is 8.21. The Kier molecular flexibility index (Phi) is 4.15. The topological polar surface area (TPSA) is 119 Å². The Morgan fingerprint density at radius 1 is 1.39 bits per heavy atom. The molecule has 0 spiro atoms. The van der Waals surface area contributed by atoms with E-state index in [-0.39, 0.29) is 23.0 Å². The van der Waals surface area contributed by atoms with Gasteiger partial charge in [0.05, 0.1) is 22.8 Å². The molecule has 0 saturated carbocycles. The number of nitrogen functional groups attached to an aromatic ring is 1. The van der Waals surface area contributed by atoms with E-state index in [1.165, 1.54) is 23.1 Å². The minimum absolute atomic E-state index is 0.0653. The molecule has 1 amide bonds. The summed E-state index contributed by atoms with van der Waals surface area (Å²) < 4.78 is 22.2. The molecule has 5 N–H and O–H groups in total. The Labute approximate surface area is 106 Å². The minimum atomic E-state index is -3.77. The van der Waals surface area contributed by atoms with Crippen molar-refractivity contribution in [3.63, 3.8) is 0 Å². The van der Waals surface area contributed by atoms with Crippen LogP contribution in [0.4, 0.5) is 11.4 Å². The number of anilines is 2. The van der Waals surface area contributed by atoms with Gasteiger partial charge in [0, 0.05) is 14.1 Å². The van der Waals surface area contributed by atoms with Gasteiger partial charge in [-0.1, -0.05) is 0 Å². The summed E-state index contributed by atoms with van der Waals surface area (Å²) in [5.74, 6) is -0.120. The van der Waals surface area contributed by atoms with Crippen molar-refractivity contribution < 1.29 is 13.2 Å². The molecule has 0 fully saturated rings. The van der Waals surface area contributed by atoms with Gasteiger partial charge in [0.2, 0.25) is 15.9 Å². The van der Waals surface area contributed by atoms with E-state index < -0.39 is 10.0 Å². The molecule has 0 aliphatic heterocycles. The number of carbonyl (C=O) groups excluding carboxylic acids is 1. The molecule has 0 aromatic heterocycles. The highest BCUT2D eigenvalue weighted by Gasteiger charge is 2.10. The highest BCUT2D eigenvalue weighted by atomic mass is 32.2. The number of carbonyl (C=O) groups is 1. The van der Waals surface area contributed by atoms with Gasteiger partial charge in [0.1, 0.15) is 0 Å². The molecular weight excluding hydrogens is 256 g/mol. The van der Waals surface area contributed by atoms with Gasteiger partial charge in [0.25, 0.3) is 0 Å². The van der Waals surface area contributed by atoms with Gasteiger partial charge in [-0.3, -0.25) is 4.79 Å². The van der Waals surface area contributed by atoms with Crippen molar-refractivity contribution in [2.45, 2.75) is 4.90 Å². The predicted octanol–water partition coefficient (Wildman–Crippen LogP) is -0.584. The van der Waals surface area contributed by atoms with E-state index in [1.54, 1.807) is 14.1 Å². The van der Waals surface area contributed by atoms with Crippen LogP contribution >= 0.6 is 0 Å². The quantitative estimate of drug-likeness (QED) is 0.633. The van der Waals surface area contributed by atoms with Gasteiger partial charge in [0.15, 0.2) is 0 Å². The van der Waals surface area contributed by atoms with Crippen molar-refractivity contribution in [2.24, 2.45) is 5.14 Å². The second-order valence-corrected chi connectivity index (χ2v) is 5.50. The van der Waals surface area contributed by atoms with Crippen LogP contribution in [-0.2, 0) is 14.8 Å². The first-order valence-electron chi connectivity index (χ1n) is 5.08. The molecule has 100 valence electrons. The molecule has 8 heteroatoms. The van der Waals surface area contributed by atoms with Gasteiger partial charge in [-0.15, -0.1) is 0 Å². The number of amides is 1.